The fraction of sp³-hybridized carbons (Fsp3) is 0.235. The van der Waals surface area contributed by atoms with E-state index in [9.17, 15) is 4.79 Å². The minimum Gasteiger partial charge on any atom is -0.399 e. The molecule has 0 spiro atoms. The fourth-order valence-electron chi connectivity index (χ4n) is 2.24. The second-order valence-corrected chi connectivity index (χ2v) is 5.44. The zero-order valence-corrected chi connectivity index (χ0v) is 13.0. The fourth-order valence-corrected chi connectivity index (χ4v) is 2.46. The summed E-state index contributed by atoms with van der Waals surface area (Å²) >= 11 is 5.96. The van der Waals surface area contributed by atoms with Crippen molar-refractivity contribution in [3.8, 4) is 0 Å². The number of carbonyl (C=O) groups is 1. The van der Waals surface area contributed by atoms with E-state index < -0.39 is 0 Å². The van der Waals surface area contributed by atoms with Crippen LogP contribution in [0.2, 0.25) is 5.02 Å². The van der Waals surface area contributed by atoms with Crippen molar-refractivity contribution in [3.63, 3.8) is 0 Å². The minimum atomic E-state index is -0.0178. The molecular weight excluding hydrogens is 284 g/mol. The van der Waals surface area contributed by atoms with Crippen LogP contribution in [0.3, 0.4) is 0 Å². The van der Waals surface area contributed by atoms with Gasteiger partial charge in [0, 0.05) is 28.5 Å². The zero-order valence-electron chi connectivity index (χ0n) is 12.3. The van der Waals surface area contributed by atoms with Gasteiger partial charge in [-0.2, -0.15) is 0 Å². The lowest BCUT2D eigenvalue weighted by Gasteiger charge is -2.23. The van der Waals surface area contributed by atoms with Gasteiger partial charge in [0.05, 0.1) is 0 Å². The van der Waals surface area contributed by atoms with Gasteiger partial charge in [-0.1, -0.05) is 18.5 Å². The smallest absolute Gasteiger partial charge is 0.258 e. The molecule has 0 fully saturated rings. The first-order valence-corrected chi connectivity index (χ1v) is 7.34. The quantitative estimate of drug-likeness (QED) is 0.857. The van der Waals surface area contributed by atoms with Crippen molar-refractivity contribution in [2.45, 2.75) is 20.3 Å². The van der Waals surface area contributed by atoms with E-state index in [0.717, 1.165) is 17.7 Å². The molecule has 0 saturated carbocycles. The molecule has 0 radical (unpaired) electrons. The van der Waals surface area contributed by atoms with Gasteiger partial charge in [-0.05, 0) is 61.4 Å². The Morgan fingerprint density at radius 3 is 2.43 bits per heavy atom. The highest BCUT2D eigenvalue weighted by Crippen LogP contribution is 2.22. The highest BCUT2D eigenvalue weighted by Gasteiger charge is 2.18. The Kier molecular flexibility index (Phi) is 4.86. The molecule has 0 aliphatic carbocycles. The Labute approximate surface area is 130 Å². The van der Waals surface area contributed by atoms with Gasteiger partial charge in [0.1, 0.15) is 0 Å². The molecule has 0 heterocycles. The number of rotatable bonds is 4. The number of nitrogens with two attached hydrogens (primary N) is 1. The first-order valence-electron chi connectivity index (χ1n) is 6.96. The number of carbonyl (C=O) groups excluding carboxylic acids is 1. The molecule has 0 unspecified atom stereocenters. The topological polar surface area (TPSA) is 46.3 Å². The van der Waals surface area contributed by atoms with Crippen LogP contribution >= 0.6 is 11.6 Å². The summed E-state index contributed by atoms with van der Waals surface area (Å²) in [6.45, 7) is 4.60. The standard InChI is InChI=1S/C17H19ClN2O/c1-3-10-20(15-7-5-14(19)6-8-15)17(21)16-9-4-13(18)11-12(16)2/h4-9,11H,3,10,19H2,1-2H3. The SMILES string of the molecule is CCCN(C(=O)c1ccc(Cl)cc1C)c1ccc(N)cc1. The summed E-state index contributed by atoms with van der Waals surface area (Å²) in [6, 6.07) is 12.7. The third kappa shape index (κ3) is 3.56. The molecule has 2 rings (SSSR count). The molecule has 0 aliphatic rings. The number of halogens is 1. The lowest BCUT2D eigenvalue weighted by molar-refractivity contribution is 0.0986. The zero-order chi connectivity index (χ0) is 15.4. The first-order chi connectivity index (χ1) is 10.0. The van der Waals surface area contributed by atoms with Gasteiger partial charge in [-0.25, -0.2) is 0 Å². The van der Waals surface area contributed by atoms with Crippen LogP contribution < -0.4 is 10.6 Å². The van der Waals surface area contributed by atoms with Gasteiger partial charge in [0.2, 0.25) is 0 Å². The number of nitrogen functional groups attached to an aromatic ring is 1. The van der Waals surface area contributed by atoms with Gasteiger partial charge in [-0.15, -0.1) is 0 Å². The van der Waals surface area contributed by atoms with Gasteiger partial charge in [-0.3, -0.25) is 4.79 Å². The van der Waals surface area contributed by atoms with Crippen LogP contribution in [-0.4, -0.2) is 12.5 Å². The minimum absolute atomic E-state index is 0.0178. The highest BCUT2D eigenvalue weighted by molar-refractivity contribution is 6.30. The predicted octanol–water partition coefficient (Wildman–Crippen LogP) is 4.29. The Balaban J connectivity index is 2.37. The Hall–Kier alpha value is -2.00. The Bertz CT molecular complexity index is 638. The number of amides is 1. The van der Waals surface area contributed by atoms with Crippen molar-refractivity contribution in [1.82, 2.24) is 0 Å². The molecule has 0 saturated heterocycles. The van der Waals surface area contributed by atoms with E-state index in [1.807, 2.05) is 32.0 Å². The van der Waals surface area contributed by atoms with Crippen molar-refractivity contribution in [2.24, 2.45) is 0 Å². The van der Waals surface area contributed by atoms with Crippen molar-refractivity contribution in [2.75, 3.05) is 17.2 Å². The average molecular weight is 303 g/mol. The lowest BCUT2D eigenvalue weighted by atomic mass is 10.1. The van der Waals surface area contributed by atoms with E-state index >= 15 is 0 Å². The molecule has 2 aromatic carbocycles. The van der Waals surface area contributed by atoms with E-state index in [1.54, 1.807) is 29.2 Å². The highest BCUT2D eigenvalue weighted by atomic mass is 35.5. The second kappa shape index (κ2) is 6.64. The molecule has 3 nitrogen and oxygen atoms in total. The van der Waals surface area contributed by atoms with Crippen molar-refractivity contribution in [3.05, 3.63) is 58.6 Å². The second-order valence-electron chi connectivity index (χ2n) is 5.01. The molecule has 0 aromatic heterocycles. The monoisotopic (exact) mass is 302 g/mol. The van der Waals surface area contributed by atoms with E-state index in [1.165, 1.54) is 0 Å². The maximum atomic E-state index is 12.8. The van der Waals surface area contributed by atoms with Crippen molar-refractivity contribution >= 4 is 28.9 Å². The van der Waals surface area contributed by atoms with Crippen molar-refractivity contribution < 1.29 is 4.79 Å². The lowest BCUT2D eigenvalue weighted by Crippen LogP contribution is -2.32. The van der Waals surface area contributed by atoms with Crippen LogP contribution in [0.15, 0.2) is 42.5 Å². The molecule has 2 aromatic rings. The number of hydrogen-bond donors (Lipinski definition) is 1. The van der Waals surface area contributed by atoms with Gasteiger partial charge >= 0.3 is 0 Å². The Morgan fingerprint density at radius 1 is 1.19 bits per heavy atom. The maximum absolute atomic E-state index is 12.8. The summed E-state index contributed by atoms with van der Waals surface area (Å²) in [6.07, 6.45) is 0.878. The van der Waals surface area contributed by atoms with E-state index in [2.05, 4.69) is 0 Å². The molecule has 4 heteroatoms. The van der Waals surface area contributed by atoms with E-state index in [-0.39, 0.29) is 5.91 Å². The third-order valence-electron chi connectivity index (χ3n) is 3.32. The molecule has 2 N–H and O–H groups in total. The first kappa shape index (κ1) is 15.4. The molecule has 1 amide bonds. The van der Waals surface area contributed by atoms with Gasteiger partial charge < -0.3 is 10.6 Å². The average Bonchev–Trinajstić information content (AvgIpc) is 2.45. The summed E-state index contributed by atoms with van der Waals surface area (Å²) in [7, 11) is 0. The predicted molar refractivity (Wildman–Crippen MR) is 89.0 cm³/mol. The number of nitrogens with zero attached hydrogens (tertiary/aromatic N) is 1. The van der Waals surface area contributed by atoms with Gasteiger partial charge in [0.15, 0.2) is 0 Å². The summed E-state index contributed by atoms with van der Waals surface area (Å²) in [5.74, 6) is -0.0178. The number of aryl methyl sites for hydroxylation is 1. The molecule has 0 atom stereocenters. The summed E-state index contributed by atoms with van der Waals surface area (Å²) in [5.41, 5.74) is 8.80. The van der Waals surface area contributed by atoms with Crippen LogP contribution in [-0.2, 0) is 0 Å². The molecule has 110 valence electrons. The summed E-state index contributed by atoms with van der Waals surface area (Å²) in [5, 5.41) is 0.638. The largest absolute Gasteiger partial charge is 0.399 e. The number of benzene rings is 2. The molecule has 21 heavy (non-hydrogen) atoms. The number of anilines is 2. The maximum Gasteiger partial charge on any atom is 0.258 e. The van der Waals surface area contributed by atoms with Crippen LogP contribution in [0.4, 0.5) is 11.4 Å². The van der Waals surface area contributed by atoms with Crippen molar-refractivity contribution in [1.29, 1.82) is 0 Å². The third-order valence-corrected chi connectivity index (χ3v) is 3.55. The van der Waals surface area contributed by atoms with Gasteiger partial charge in [0.25, 0.3) is 5.91 Å². The Morgan fingerprint density at radius 2 is 1.86 bits per heavy atom. The van der Waals surface area contributed by atoms with Crippen LogP contribution in [0, 0.1) is 6.92 Å². The summed E-state index contributed by atoms with van der Waals surface area (Å²) < 4.78 is 0. The van der Waals surface area contributed by atoms with Crippen LogP contribution in [0.1, 0.15) is 29.3 Å². The number of hydrogen-bond acceptors (Lipinski definition) is 2. The van der Waals surface area contributed by atoms with E-state index in [4.69, 9.17) is 17.3 Å². The van der Waals surface area contributed by atoms with E-state index in [0.29, 0.717) is 22.8 Å². The summed E-state index contributed by atoms with van der Waals surface area (Å²) in [4.78, 5) is 14.6. The molecular formula is C17H19ClN2O. The molecule has 0 bridgehead atoms. The molecule has 0 aliphatic heterocycles. The van der Waals surface area contributed by atoms with Crippen LogP contribution in [0.5, 0.6) is 0 Å². The van der Waals surface area contributed by atoms with Crippen LogP contribution in [0.25, 0.3) is 0 Å². The normalized spacial score (nSPS) is 10.4.